The second-order valence-corrected chi connectivity index (χ2v) is 6.94. The Bertz CT molecular complexity index is 266. The smallest absolute Gasteiger partial charge is 0.169 e. The first-order chi connectivity index (χ1) is 5.27. The highest BCUT2D eigenvalue weighted by molar-refractivity contribution is 7.93. The standard InChI is InChI=1S/C7H13ClO3S/c1-7(8,12(2,10)11)6(9)5-3-4-5/h5-6,9H,3-4H2,1-2H3/t6-,7+/m0/s1. The van der Waals surface area contributed by atoms with Gasteiger partial charge in [0.05, 0.1) is 6.10 Å². The van der Waals surface area contributed by atoms with Gasteiger partial charge in [-0.2, -0.15) is 0 Å². The molecule has 72 valence electrons. The molecule has 0 aliphatic heterocycles. The molecule has 0 amide bonds. The van der Waals surface area contributed by atoms with Crippen LogP contribution < -0.4 is 0 Å². The Morgan fingerprint density at radius 2 is 2.00 bits per heavy atom. The van der Waals surface area contributed by atoms with Gasteiger partial charge in [0.2, 0.25) is 0 Å². The third-order valence-corrected chi connectivity index (χ3v) is 5.08. The van der Waals surface area contributed by atoms with E-state index in [1.807, 2.05) is 0 Å². The van der Waals surface area contributed by atoms with E-state index >= 15 is 0 Å². The maximum atomic E-state index is 11.1. The van der Waals surface area contributed by atoms with E-state index < -0.39 is 20.1 Å². The van der Waals surface area contributed by atoms with Gasteiger partial charge >= 0.3 is 0 Å². The van der Waals surface area contributed by atoms with Gasteiger partial charge in [0.25, 0.3) is 0 Å². The molecule has 0 aromatic heterocycles. The Kier molecular flexibility index (Phi) is 2.45. The Morgan fingerprint density at radius 3 is 2.25 bits per heavy atom. The zero-order chi connectivity index (χ0) is 9.57. The van der Waals surface area contributed by atoms with Crippen LogP contribution in [-0.4, -0.2) is 30.1 Å². The van der Waals surface area contributed by atoms with Gasteiger partial charge in [-0.05, 0) is 25.7 Å². The summed E-state index contributed by atoms with van der Waals surface area (Å²) in [5, 5.41) is 9.54. The van der Waals surface area contributed by atoms with Gasteiger partial charge < -0.3 is 5.11 Å². The van der Waals surface area contributed by atoms with Crippen LogP contribution in [0.25, 0.3) is 0 Å². The molecular weight excluding hydrogens is 200 g/mol. The number of aliphatic hydroxyl groups excluding tert-OH is 1. The Hall–Kier alpha value is 0.200. The monoisotopic (exact) mass is 212 g/mol. The van der Waals surface area contributed by atoms with E-state index in [1.165, 1.54) is 6.92 Å². The van der Waals surface area contributed by atoms with Crippen molar-refractivity contribution in [3.8, 4) is 0 Å². The van der Waals surface area contributed by atoms with E-state index in [1.54, 1.807) is 0 Å². The maximum absolute atomic E-state index is 11.1. The summed E-state index contributed by atoms with van der Waals surface area (Å²) < 4.78 is 20.7. The summed E-state index contributed by atoms with van der Waals surface area (Å²) in [5.41, 5.74) is 0. The minimum absolute atomic E-state index is 0.0715. The van der Waals surface area contributed by atoms with Crippen LogP contribution in [0.2, 0.25) is 0 Å². The molecule has 0 aromatic rings. The lowest BCUT2D eigenvalue weighted by Gasteiger charge is -2.25. The number of alkyl halides is 1. The molecule has 1 rings (SSSR count). The summed E-state index contributed by atoms with van der Waals surface area (Å²) in [6.07, 6.45) is 1.86. The summed E-state index contributed by atoms with van der Waals surface area (Å²) >= 11 is 5.76. The quantitative estimate of drug-likeness (QED) is 0.703. The summed E-state index contributed by atoms with van der Waals surface area (Å²) in [5.74, 6) is 0.0715. The van der Waals surface area contributed by atoms with Crippen molar-refractivity contribution in [2.75, 3.05) is 6.26 Å². The average Bonchev–Trinajstić information content (AvgIpc) is 2.64. The largest absolute Gasteiger partial charge is 0.390 e. The Balaban J connectivity index is 2.83. The minimum Gasteiger partial charge on any atom is -0.390 e. The first kappa shape index (κ1) is 10.3. The second-order valence-electron chi connectivity index (χ2n) is 3.54. The highest BCUT2D eigenvalue weighted by Gasteiger charge is 2.48. The van der Waals surface area contributed by atoms with Crippen molar-refractivity contribution >= 4 is 21.4 Å². The molecule has 0 bridgehead atoms. The van der Waals surface area contributed by atoms with Crippen molar-refractivity contribution in [3.63, 3.8) is 0 Å². The van der Waals surface area contributed by atoms with Crippen LogP contribution in [0.1, 0.15) is 19.8 Å². The van der Waals surface area contributed by atoms with Crippen molar-refractivity contribution in [2.24, 2.45) is 5.92 Å². The molecule has 1 fully saturated rings. The highest BCUT2D eigenvalue weighted by Crippen LogP contribution is 2.41. The summed E-state index contributed by atoms with van der Waals surface area (Å²) in [4.78, 5) is 0. The summed E-state index contributed by atoms with van der Waals surface area (Å²) in [6, 6.07) is 0. The molecule has 2 atom stereocenters. The fourth-order valence-electron chi connectivity index (χ4n) is 1.05. The van der Waals surface area contributed by atoms with Crippen LogP contribution >= 0.6 is 11.6 Å². The molecule has 1 aliphatic carbocycles. The van der Waals surface area contributed by atoms with Gasteiger partial charge in [0.15, 0.2) is 14.0 Å². The fraction of sp³-hybridized carbons (Fsp3) is 1.00. The summed E-state index contributed by atoms with van der Waals surface area (Å²) in [6.45, 7) is 1.35. The van der Waals surface area contributed by atoms with Crippen LogP contribution in [0.5, 0.6) is 0 Å². The van der Waals surface area contributed by atoms with Gasteiger partial charge in [-0.15, -0.1) is 0 Å². The number of hydrogen-bond acceptors (Lipinski definition) is 3. The third kappa shape index (κ3) is 1.75. The van der Waals surface area contributed by atoms with E-state index in [2.05, 4.69) is 0 Å². The molecule has 0 spiro atoms. The minimum atomic E-state index is -3.39. The lowest BCUT2D eigenvalue weighted by atomic mass is 10.2. The molecule has 0 aromatic carbocycles. The normalized spacial score (nSPS) is 26.3. The molecular formula is C7H13ClO3S. The molecule has 0 unspecified atom stereocenters. The van der Waals surface area contributed by atoms with E-state index in [0.29, 0.717) is 0 Å². The molecule has 3 nitrogen and oxygen atoms in total. The van der Waals surface area contributed by atoms with Crippen LogP contribution in [0.15, 0.2) is 0 Å². The number of rotatable bonds is 3. The molecule has 1 aliphatic rings. The Morgan fingerprint density at radius 1 is 1.58 bits per heavy atom. The Labute approximate surface area is 77.6 Å². The maximum Gasteiger partial charge on any atom is 0.169 e. The van der Waals surface area contributed by atoms with Crippen molar-refractivity contribution in [3.05, 3.63) is 0 Å². The van der Waals surface area contributed by atoms with Crippen LogP contribution in [0.4, 0.5) is 0 Å². The molecule has 12 heavy (non-hydrogen) atoms. The molecule has 0 heterocycles. The average molecular weight is 213 g/mol. The SMILES string of the molecule is C[C@](Cl)([C@@H](O)C1CC1)S(C)(=O)=O. The topological polar surface area (TPSA) is 54.4 Å². The predicted octanol–water partition coefficient (Wildman–Crippen LogP) is 0.757. The molecule has 5 heteroatoms. The van der Waals surface area contributed by atoms with Crippen LogP contribution in [0, 0.1) is 5.92 Å². The van der Waals surface area contributed by atoms with Crippen molar-refractivity contribution in [2.45, 2.75) is 30.1 Å². The molecule has 0 saturated heterocycles. The predicted molar refractivity (Wildman–Crippen MR) is 47.8 cm³/mol. The van der Waals surface area contributed by atoms with E-state index in [4.69, 9.17) is 11.6 Å². The third-order valence-electron chi connectivity index (χ3n) is 2.32. The van der Waals surface area contributed by atoms with Crippen LogP contribution in [-0.2, 0) is 9.84 Å². The molecule has 1 N–H and O–H groups in total. The van der Waals surface area contributed by atoms with Gasteiger partial charge in [-0.1, -0.05) is 11.6 Å². The van der Waals surface area contributed by atoms with E-state index in [0.717, 1.165) is 19.1 Å². The second kappa shape index (κ2) is 2.86. The highest BCUT2D eigenvalue weighted by atomic mass is 35.5. The number of halogens is 1. The number of hydrogen-bond donors (Lipinski definition) is 1. The number of sulfone groups is 1. The lowest BCUT2D eigenvalue weighted by Crippen LogP contribution is -2.42. The van der Waals surface area contributed by atoms with Gasteiger partial charge in [-0.3, -0.25) is 0 Å². The number of aliphatic hydroxyl groups is 1. The summed E-state index contributed by atoms with van der Waals surface area (Å²) in [7, 11) is -3.39. The lowest BCUT2D eigenvalue weighted by molar-refractivity contribution is 0.137. The van der Waals surface area contributed by atoms with Crippen molar-refractivity contribution in [1.82, 2.24) is 0 Å². The van der Waals surface area contributed by atoms with Crippen molar-refractivity contribution in [1.29, 1.82) is 0 Å². The first-order valence-electron chi connectivity index (χ1n) is 3.83. The van der Waals surface area contributed by atoms with E-state index in [9.17, 15) is 13.5 Å². The van der Waals surface area contributed by atoms with E-state index in [-0.39, 0.29) is 5.92 Å². The molecule has 1 saturated carbocycles. The fourth-order valence-corrected chi connectivity index (χ4v) is 1.86. The van der Waals surface area contributed by atoms with Gasteiger partial charge in [0.1, 0.15) is 0 Å². The van der Waals surface area contributed by atoms with Crippen LogP contribution in [0.3, 0.4) is 0 Å². The van der Waals surface area contributed by atoms with Gasteiger partial charge in [0, 0.05) is 6.26 Å². The van der Waals surface area contributed by atoms with Crippen molar-refractivity contribution < 1.29 is 13.5 Å². The first-order valence-corrected chi connectivity index (χ1v) is 6.10. The zero-order valence-corrected chi connectivity index (χ0v) is 8.69. The molecule has 0 radical (unpaired) electrons. The zero-order valence-electron chi connectivity index (χ0n) is 7.12. The van der Waals surface area contributed by atoms with Gasteiger partial charge in [-0.25, -0.2) is 8.42 Å².